The van der Waals surface area contributed by atoms with Crippen molar-refractivity contribution < 1.29 is 4.74 Å². The number of ether oxygens (including phenoxy) is 1. The molecule has 1 N–H and O–H groups in total. The molecular weight excluding hydrogens is 250 g/mol. The highest BCUT2D eigenvalue weighted by Gasteiger charge is 1.98. The van der Waals surface area contributed by atoms with Gasteiger partial charge < -0.3 is 10.1 Å². The second kappa shape index (κ2) is 7.70. The zero-order valence-corrected chi connectivity index (χ0v) is 12.3. The molecule has 0 bridgehead atoms. The average molecular weight is 273 g/mol. The first-order chi connectivity index (χ1) is 9.78. The molecule has 0 atom stereocenters. The molecule has 20 heavy (non-hydrogen) atoms. The lowest BCUT2D eigenvalue weighted by molar-refractivity contribution is 0.317. The normalized spacial score (nSPS) is 10.7. The lowest BCUT2D eigenvalue weighted by Crippen LogP contribution is -2.19. The Kier molecular flexibility index (Phi) is 5.62. The first-order valence-electron chi connectivity index (χ1n) is 7.19. The van der Waals surface area contributed by atoms with Crippen LogP contribution in [-0.2, 0) is 13.1 Å². The van der Waals surface area contributed by atoms with Crippen LogP contribution in [0.2, 0.25) is 0 Å². The second-order valence-electron chi connectivity index (χ2n) is 4.95. The van der Waals surface area contributed by atoms with E-state index >= 15 is 0 Å². The summed E-state index contributed by atoms with van der Waals surface area (Å²) in [6, 6.07) is 8.26. The summed E-state index contributed by atoms with van der Waals surface area (Å²) in [7, 11) is 0. The summed E-state index contributed by atoms with van der Waals surface area (Å²) in [5, 5.41) is 7.69. The number of aryl methyl sites for hydroxylation is 1. The number of nitrogens with zero attached hydrogens (tertiary/aromatic N) is 2. The van der Waals surface area contributed by atoms with Gasteiger partial charge in [-0.05, 0) is 36.6 Å². The Balaban J connectivity index is 1.73. The Hall–Kier alpha value is -1.81. The molecule has 2 rings (SSSR count). The minimum absolute atomic E-state index is 0.773. The molecule has 0 fully saturated rings. The summed E-state index contributed by atoms with van der Waals surface area (Å²) in [4.78, 5) is 0. The molecule has 0 aliphatic carbocycles. The molecule has 0 aliphatic rings. The molecule has 2 aromatic rings. The molecule has 0 radical (unpaired) electrons. The minimum Gasteiger partial charge on any atom is -0.494 e. The van der Waals surface area contributed by atoms with E-state index in [9.17, 15) is 0 Å². The fraction of sp³-hybridized carbons (Fsp3) is 0.438. The molecule has 108 valence electrons. The maximum atomic E-state index is 5.63. The van der Waals surface area contributed by atoms with Crippen molar-refractivity contribution in [2.24, 2.45) is 0 Å². The Morgan fingerprint density at radius 2 is 2.25 bits per heavy atom. The van der Waals surface area contributed by atoms with Crippen LogP contribution < -0.4 is 10.1 Å². The van der Waals surface area contributed by atoms with Crippen LogP contribution in [-0.4, -0.2) is 22.9 Å². The largest absolute Gasteiger partial charge is 0.494 e. The predicted octanol–water partition coefficient (Wildman–Crippen LogP) is 2.77. The fourth-order valence-corrected chi connectivity index (χ4v) is 1.98. The molecular formula is C16H23N3O. The van der Waals surface area contributed by atoms with Gasteiger partial charge >= 0.3 is 0 Å². The van der Waals surface area contributed by atoms with Gasteiger partial charge in [0, 0.05) is 19.3 Å². The van der Waals surface area contributed by atoms with Crippen molar-refractivity contribution in [3.63, 3.8) is 0 Å². The minimum atomic E-state index is 0.773. The molecule has 0 saturated carbocycles. The molecule has 1 heterocycles. The Labute approximate surface area is 120 Å². The van der Waals surface area contributed by atoms with Crippen LogP contribution in [0.15, 0.2) is 36.7 Å². The van der Waals surface area contributed by atoms with Crippen molar-refractivity contribution in [1.82, 2.24) is 15.1 Å². The van der Waals surface area contributed by atoms with E-state index in [4.69, 9.17) is 4.74 Å². The molecule has 1 aromatic heterocycles. The summed E-state index contributed by atoms with van der Waals surface area (Å²) in [5.41, 5.74) is 2.45. The van der Waals surface area contributed by atoms with Crippen LogP contribution in [0.1, 0.15) is 24.5 Å². The molecule has 0 saturated heterocycles. The number of benzene rings is 1. The standard InChI is InChI=1S/C16H23N3O/c1-3-9-20-16-6-4-5-15(10-16)12-17-7-8-19-13-14(2)11-18-19/h4-6,10-11,13,17H,3,7-9,12H2,1-2H3. The Bertz CT molecular complexity index is 522. The van der Waals surface area contributed by atoms with E-state index < -0.39 is 0 Å². The predicted molar refractivity (Wildman–Crippen MR) is 80.9 cm³/mol. The van der Waals surface area contributed by atoms with Gasteiger partial charge in [-0.3, -0.25) is 4.68 Å². The van der Waals surface area contributed by atoms with Crippen LogP contribution in [0.5, 0.6) is 5.75 Å². The van der Waals surface area contributed by atoms with Crippen molar-refractivity contribution in [2.75, 3.05) is 13.2 Å². The molecule has 4 nitrogen and oxygen atoms in total. The van der Waals surface area contributed by atoms with Crippen LogP contribution >= 0.6 is 0 Å². The smallest absolute Gasteiger partial charge is 0.119 e. The van der Waals surface area contributed by atoms with Gasteiger partial charge in [-0.1, -0.05) is 19.1 Å². The van der Waals surface area contributed by atoms with E-state index in [0.717, 1.165) is 38.4 Å². The van der Waals surface area contributed by atoms with Gasteiger partial charge in [0.15, 0.2) is 0 Å². The summed E-state index contributed by atoms with van der Waals surface area (Å²) >= 11 is 0. The highest BCUT2D eigenvalue weighted by atomic mass is 16.5. The molecule has 4 heteroatoms. The van der Waals surface area contributed by atoms with Gasteiger partial charge in [-0.2, -0.15) is 5.10 Å². The van der Waals surface area contributed by atoms with E-state index in [1.807, 2.05) is 23.0 Å². The summed E-state index contributed by atoms with van der Waals surface area (Å²) in [5.74, 6) is 0.953. The van der Waals surface area contributed by atoms with Crippen molar-refractivity contribution in [2.45, 2.75) is 33.4 Å². The van der Waals surface area contributed by atoms with E-state index in [1.54, 1.807) is 0 Å². The zero-order chi connectivity index (χ0) is 14.2. The zero-order valence-electron chi connectivity index (χ0n) is 12.3. The van der Waals surface area contributed by atoms with Gasteiger partial charge in [0.2, 0.25) is 0 Å². The number of hydrogen-bond acceptors (Lipinski definition) is 3. The molecule has 0 aliphatic heterocycles. The monoisotopic (exact) mass is 273 g/mol. The van der Waals surface area contributed by atoms with E-state index in [-0.39, 0.29) is 0 Å². The van der Waals surface area contributed by atoms with E-state index in [2.05, 4.69) is 42.6 Å². The molecule has 1 aromatic carbocycles. The maximum Gasteiger partial charge on any atom is 0.119 e. The molecule has 0 spiro atoms. The first-order valence-corrected chi connectivity index (χ1v) is 7.19. The molecule has 0 unspecified atom stereocenters. The SMILES string of the molecule is CCCOc1cccc(CNCCn2cc(C)cn2)c1. The van der Waals surface area contributed by atoms with Crippen LogP contribution in [0.4, 0.5) is 0 Å². The van der Waals surface area contributed by atoms with Crippen LogP contribution in [0, 0.1) is 6.92 Å². The van der Waals surface area contributed by atoms with Gasteiger partial charge in [0.05, 0.1) is 19.3 Å². The van der Waals surface area contributed by atoms with Crippen molar-refractivity contribution in [1.29, 1.82) is 0 Å². The van der Waals surface area contributed by atoms with Crippen LogP contribution in [0.3, 0.4) is 0 Å². The van der Waals surface area contributed by atoms with E-state index in [1.165, 1.54) is 11.1 Å². The quantitative estimate of drug-likeness (QED) is 0.752. The van der Waals surface area contributed by atoms with Gasteiger partial charge in [0.1, 0.15) is 5.75 Å². The summed E-state index contributed by atoms with van der Waals surface area (Å²) in [6.07, 6.45) is 4.97. The highest BCUT2D eigenvalue weighted by molar-refractivity contribution is 5.28. The number of aromatic nitrogens is 2. The van der Waals surface area contributed by atoms with Gasteiger partial charge in [0.25, 0.3) is 0 Å². The number of hydrogen-bond donors (Lipinski definition) is 1. The summed E-state index contributed by atoms with van der Waals surface area (Å²) < 4.78 is 7.59. The number of rotatable bonds is 8. The van der Waals surface area contributed by atoms with Gasteiger partial charge in [-0.15, -0.1) is 0 Å². The average Bonchev–Trinajstić information content (AvgIpc) is 2.87. The third-order valence-electron chi connectivity index (χ3n) is 2.98. The third kappa shape index (κ3) is 4.70. The van der Waals surface area contributed by atoms with Crippen molar-refractivity contribution >= 4 is 0 Å². The lowest BCUT2D eigenvalue weighted by Gasteiger charge is -2.08. The maximum absolute atomic E-state index is 5.63. The Morgan fingerprint density at radius 3 is 3.00 bits per heavy atom. The van der Waals surface area contributed by atoms with Crippen LogP contribution in [0.25, 0.3) is 0 Å². The summed E-state index contributed by atoms with van der Waals surface area (Å²) in [6.45, 7) is 7.58. The number of nitrogens with one attached hydrogen (secondary N) is 1. The van der Waals surface area contributed by atoms with E-state index in [0.29, 0.717) is 0 Å². The van der Waals surface area contributed by atoms with Gasteiger partial charge in [-0.25, -0.2) is 0 Å². The highest BCUT2D eigenvalue weighted by Crippen LogP contribution is 2.13. The second-order valence-corrected chi connectivity index (χ2v) is 4.95. The lowest BCUT2D eigenvalue weighted by atomic mass is 10.2. The molecule has 0 amide bonds. The topological polar surface area (TPSA) is 39.1 Å². The Morgan fingerprint density at radius 1 is 1.35 bits per heavy atom. The van der Waals surface area contributed by atoms with Crippen molar-refractivity contribution in [3.05, 3.63) is 47.8 Å². The fourth-order valence-electron chi connectivity index (χ4n) is 1.98. The third-order valence-corrected chi connectivity index (χ3v) is 2.98. The van der Waals surface area contributed by atoms with Crippen molar-refractivity contribution in [3.8, 4) is 5.75 Å². The first kappa shape index (κ1) is 14.6.